The van der Waals surface area contributed by atoms with Gasteiger partial charge in [0.05, 0.1) is 22.1 Å². The van der Waals surface area contributed by atoms with Gasteiger partial charge in [-0.3, -0.25) is 19.3 Å². The molecule has 1 saturated heterocycles. The molecule has 26 heavy (non-hydrogen) atoms. The van der Waals surface area contributed by atoms with Crippen molar-refractivity contribution in [2.45, 2.75) is 33.3 Å². The van der Waals surface area contributed by atoms with Gasteiger partial charge in [0, 0.05) is 0 Å². The summed E-state index contributed by atoms with van der Waals surface area (Å²) in [6.45, 7) is 5.52. The predicted molar refractivity (Wildman–Crippen MR) is 104 cm³/mol. The van der Waals surface area contributed by atoms with Gasteiger partial charge in [-0.15, -0.1) is 0 Å². The van der Waals surface area contributed by atoms with Crippen molar-refractivity contribution in [2.75, 3.05) is 13.2 Å². The summed E-state index contributed by atoms with van der Waals surface area (Å²) in [4.78, 5) is 37.0. The van der Waals surface area contributed by atoms with Crippen LogP contribution in [-0.2, 0) is 14.3 Å². The highest BCUT2D eigenvalue weighted by molar-refractivity contribution is 9.10. The fraction of sp³-hybridized carbons (Fsp3) is 0.389. The van der Waals surface area contributed by atoms with Crippen LogP contribution in [0.1, 0.15) is 32.8 Å². The molecule has 2 amide bonds. The molecule has 8 heteroatoms. The summed E-state index contributed by atoms with van der Waals surface area (Å²) in [6, 6.07) is 5.43. The molecule has 1 aliphatic rings. The molecule has 1 atom stereocenters. The quantitative estimate of drug-likeness (QED) is 0.465. The normalized spacial score (nSPS) is 16.9. The molecule has 1 aromatic carbocycles. The topological polar surface area (TPSA) is 72.9 Å². The monoisotopic (exact) mass is 441 g/mol. The molecule has 0 aliphatic carbocycles. The van der Waals surface area contributed by atoms with E-state index in [2.05, 4.69) is 15.9 Å². The van der Waals surface area contributed by atoms with E-state index in [1.807, 2.05) is 32.0 Å². The van der Waals surface area contributed by atoms with Gasteiger partial charge in [-0.05, 0) is 71.7 Å². The van der Waals surface area contributed by atoms with Gasteiger partial charge in [-0.1, -0.05) is 13.0 Å². The zero-order valence-corrected chi connectivity index (χ0v) is 17.2. The van der Waals surface area contributed by atoms with E-state index in [1.165, 1.54) is 0 Å². The molecule has 1 fully saturated rings. The average Bonchev–Trinajstić information content (AvgIpc) is 2.85. The largest absolute Gasteiger partial charge is 0.490 e. The number of amides is 2. The second-order valence-corrected chi connectivity index (χ2v) is 7.45. The molecule has 0 aromatic heterocycles. The Hall–Kier alpha value is -1.80. The second kappa shape index (κ2) is 9.23. The molecule has 1 heterocycles. The van der Waals surface area contributed by atoms with Crippen molar-refractivity contribution in [1.29, 1.82) is 0 Å². The van der Waals surface area contributed by atoms with E-state index in [0.717, 1.165) is 33.1 Å². The van der Waals surface area contributed by atoms with Crippen LogP contribution in [0, 0.1) is 0 Å². The number of halogens is 1. The molecule has 1 aliphatic heterocycles. The van der Waals surface area contributed by atoms with E-state index in [1.54, 1.807) is 13.0 Å². The summed E-state index contributed by atoms with van der Waals surface area (Å²) in [6.07, 6.45) is 2.60. The van der Waals surface area contributed by atoms with Gasteiger partial charge < -0.3 is 9.47 Å². The van der Waals surface area contributed by atoms with Gasteiger partial charge in [0.2, 0.25) is 0 Å². The van der Waals surface area contributed by atoms with Crippen LogP contribution in [0.25, 0.3) is 6.08 Å². The fourth-order valence-electron chi connectivity index (χ4n) is 2.13. The molecule has 1 unspecified atom stereocenters. The lowest BCUT2D eigenvalue weighted by molar-refractivity contribution is -0.145. The van der Waals surface area contributed by atoms with E-state index in [4.69, 9.17) is 9.47 Å². The number of imide groups is 1. The van der Waals surface area contributed by atoms with Gasteiger partial charge >= 0.3 is 5.97 Å². The molecule has 140 valence electrons. The summed E-state index contributed by atoms with van der Waals surface area (Å²) < 4.78 is 11.3. The van der Waals surface area contributed by atoms with Crippen molar-refractivity contribution >= 4 is 50.9 Å². The number of hydrogen-bond donors (Lipinski definition) is 0. The van der Waals surface area contributed by atoms with Crippen LogP contribution in [0.2, 0.25) is 0 Å². The van der Waals surface area contributed by atoms with Gasteiger partial charge in [0.15, 0.2) is 0 Å². The van der Waals surface area contributed by atoms with E-state index in [0.29, 0.717) is 5.75 Å². The highest BCUT2D eigenvalue weighted by Gasteiger charge is 2.36. The first kappa shape index (κ1) is 20.5. The third-order valence-electron chi connectivity index (χ3n) is 3.62. The lowest BCUT2D eigenvalue weighted by atomic mass is 10.2. The van der Waals surface area contributed by atoms with E-state index >= 15 is 0 Å². The van der Waals surface area contributed by atoms with Crippen LogP contribution in [-0.4, -0.2) is 41.3 Å². The van der Waals surface area contributed by atoms with Crippen LogP contribution < -0.4 is 4.74 Å². The predicted octanol–water partition coefficient (Wildman–Crippen LogP) is 4.23. The van der Waals surface area contributed by atoms with Gasteiger partial charge in [-0.25, -0.2) is 0 Å². The molecule has 1 aromatic rings. The first-order valence-corrected chi connectivity index (χ1v) is 9.83. The van der Waals surface area contributed by atoms with Gasteiger partial charge in [-0.2, -0.15) is 0 Å². The number of esters is 1. The number of ether oxygens (including phenoxy) is 2. The lowest BCUT2D eigenvalue weighted by Crippen LogP contribution is -2.34. The summed E-state index contributed by atoms with van der Waals surface area (Å²) in [5.74, 6) is -0.388. The Bertz CT molecular complexity index is 749. The van der Waals surface area contributed by atoms with Crippen molar-refractivity contribution in [1.82, 2.24) is 4.90 Å². The summed E-state index contributed by atoms with van der Waals surface area (Å²) in [5, 5.41) is -0.481. The highest BCUT2D eigenvalue weighted by Crippen LogP contribution is 2.34. The maximum Gasteiger partial charge on any atom is 0.326 e. The van der Waals surface area contributed by atoms with E-state index in [9.17, 15) is 14.4 Å². The highest BCUT2D eigenvalue weighted by atomic mass is 79.9. The first-order chi connectivity index (χ1) is 12.3. The van der Waals surface area contributed by atoms with Crippen LogP contribution >= 0.6 is 27.7 Å². The Morgan fingerprint density at radius 3 is 2.69 bits per heavy atom. The van der Waals surface area contributed by atoms with Crippen LogP contribution in [0.5, 0.6) is 5.75 Å². The maximum absolute atomic E-state index is 12.4. The Labute approximate surface area is 165 Å². The Morgan fingerprint density at radius 1 is 1.35 bits per heavy atom. The number of carbonyl (C=O) groups excluding carboxylic acids is 3. The van der Waals surface area contributed by atoms with Gasteiger partial charge in [0.1, 0.15) is 12.3 Å². The summed E-state index contributed by atoms with van der Waals surface area (Å²) >= 11 is 4.26. The van der Waals surface area contributed by atoms with Crippen molar-refractivity contribution in [2.24, 2.45) is 0 Å². The van der Waals surface area contributed by atoms with Crippen molar-refractivity contribution in [3.8, 4) is 5.75 Å². The van der Waals surface area contributed by atoms with Crippen LogP contribution in [0.4, 0.5) is 4.79 Å². The molecular formula is C18H20BrNO5S. The maximum atomic E-state index is 12.4. The number of carbonyl (C=O) groups is 3. The molecule has 0 radical (unpaired) electrons. The minimum absolute atomic E-state index is 0.0940. The van der Waals surface area contributed by atoms with E-state index < -0.39 is 17.1 Å². The number of hydrogen-bond acceptors (Lipinski definition) is 6. The zero-order chi connectivity index (χ0) is 19.3. The number of benzene rings is 1. The first-order valence-electron chi connectivity index (χ1n) is 8.22. The molecule has 2 rings (SSSR count). The zero-order valence-electron chi connectivity index (χ0n) is 14.8. The van der Waals surface area contributed by atoms with Crippen LogP contribution in [0.15, 0.2) is 27.6 Å². The number of thioether (sulfide) groups is 1. The lowest BCUT2D eigenvalue weighted by Gasteiger charge is -2.14. The second-order valence-electron chi connectivity index (χ2n) is 5.60. The minimum atomic E-state index is -0.606. The average molecular weight is 442 g/mol. The molecule has 0 bridgehead atoms. The molecule has 6 nitrogen and oxygen atoms in total. The Morgan fingerprint density at radius 2 is 2.08 bits per heavy atom. The van der Waals surface area contributed by atoms with Crippen molar-refractivity contribution in [3.63, 3.8) is 0 Å². The van der Waals surface area contributed by atoms with Crippen molar-refractivity contribution < 1.29 is 23.9 Å². The van der Waals surface area contributed by atoms with Gasteiger partial charge in [0.25, 0.3) is 11.1 Å². The Balaban J connectivity index is 2.14. The van der Waals surface area contributed by atoms with E-state index in [-0.39, 0.29) is 24.2 Å². The summed E-state index contributed by atoms with van der Waals surface area (Å²) in [5.41, 5.74) is 0.745. The molecule has 0 N–H and O–H groups in total. The third kappa shape index (κ3) is 5.11. The smallest absolute Gasteiger partial charge is 0.326 e. The minimum Gasteiger partial charge on any atom is -0.490 e. The van der Waals surface area contributed by atoms with Crippen molar-refractivity contribution in [3.05, 3.63) is 33.1 Å². The fourth-order valence-corrected chi connectivity index (χ4v) is 3.45. The SMILES string of the molecule is CCOC(=O)CN1C(=O)S/C(=C/c2ccc(OC(C)CC)c(Br)c2)C1=O. The Kier molecular flexibility index (Phi) is 7.28. The number of rotatable bonds is 7. The number of nitrogens with zero attached hydrogens (tertiary/aromatic N) is 1. The molecular weight excluding hydrogens is 422 g/mol. The summed E-state index contributed by atoms with van der Waals surface area (Å²) in [7, 11) is 0. The standard InChI is InChI=1S/C18H20BrNO5S/c1-4-11(3)25-14-7-6-12(8-13(14)19)9-15-17(22)20(18(23)26-15)10-16(21)24-5-2/h6-9,11H,4-5,10H2,1-3H3/b15-9+. The third-order valence-corrected chi connectivity index (χ3v) is 5.15. The van der Waals surface area contributed by atoms with Crippen LogP contribution in [0.3, 0.4) is 0 Å². The molecule has 0 saturated carbocycles. The molecule has 0 spiro atoms.